The number of nitro benzene ring substituents is 1. The molecule has 13 heteroatoms. The number of hydrogen-bond donors (Lipinski definition) is 0. The zero-order valence-corrected chi connectivity index (χ0v) is 18.6. The van der Waals surface area contributed by atoms with Crippen LogP contribution in [0.4, 0.5) is 24.5 Å². The number of anilines is 1. The molecule has 0 aromatic heterocycles. The van der Waals surface area contributed by atoms with Crippen molar-refractivity contribution in [3.8, 4) is 0 Å². The molecule has 0 saturated carbocycles. The van der Waals surface area contributed by atoms with Crippen LogP contribution in [0, 0.1) is 10.1 Å². The quantitative estimate of drug-likeness (QED) is 0.476. The third-order valence-electron chi connectivity index (χ3n) is 5.29. The Labute approximate surface area is 188 Å². The van der Waals surface area contributed by atoms with Gasteiger partial charge < -0.3 is 9.80 Å². The molecule has 1 amide bonds. The van der Waals surface area contributed by atoms with Gasteiger partial charge in [0.1, 0.15) is 5.69 Å². The van der Waals surface area contributed by atoms with E-state index in [4.69, 9.17) is 0 Å². The molecule has 2 aromatic carbocycles. The second-order valence-corrected chi connectivity index (χ2v) is 9.70. The molecule has 2 aromatic rings. The SMILES string of the molecule is CN(C)S(=O)(=O)c1ccc(C(=O)N2CCN(c3ccc(C(F)(F)F)cc3[N+](=O)[O-])CC2)cc1. The van der Waals surface area contributed by atoms with Gasteiger partial charge in [-0.3, -0.25) is 14.9 Å². The monoisotopic (exact) mass is 486 g/mol. The molecule has 0 radical (unpaired) electrons. The number of amides is 1. The third-order valence-corrected chi connectivity index (χ3v) is 7.12. The van der Waals surface area contributed by atoms with Crippen LogP contribution in [0.5, 0.6) is 0 Å². The molecule has 1 aliphatic heterocycles. The normalized spacial score (nSPS) is 15.1. The Morgan fingerprint density at radius 1 is 1.03 bits per heavy atom. The number of carbonyl (C=O) groups excluding carboxylic acids is 1. The first kappa shape index (κ1) is 24.5. The van der Waals surface area contributed by atoms with Gasteiger partial charge in [-0.05, 0) is 36.4 Å². The van der Waals surface area contributed by atoms with Crippen molar-refractivity contribution in [2.24, 2.45) is 0 Å². The zero-order valence-electron chi connectivity index (χ0n) is 17.7. The summed E-state index contributed by atoms with van der Waals surface area (Å²) < 4.78 is 64.1. The van der Waals surface area contributed by atoms with Crippen LogP contribution in [0.3, 0.4) is 0 Å². The molecule has 9 nitrogen and oxygen atoms in total. The highest BCUT2D eigenvalue weighted by atomic mass is 32.2. The third kappa shape index (κ3) is 5.09. The van der Waals surface area contributed by atoms with Crippen molar-refractivity contribution in [1.29, 1.82) is 0 Å². The molecular formula is C20H21F3N4O5S. The molecule has 0 bridgehead atoms. The topological polar surface area (TPSA) is 104 Å². The first-order valence-electron chi connectivity index (χ1n) is 9.75. The van der Waals surface area contributed by atoms with Gasteiger partial charge in [-0.1, -0.05) is 0 Å². The van der Waals surface area contributed by atoms with Crippen molar-refractivity contribution in [3.05, 3.63) is 63.7 Å². The lowest BCUT2D eigenvalue weighted by Crippen LogP contribution is -2.49. The number of rotatable bonds is 5. The summed E-state index contributed by atoms with van der Waals surface area (Å²) in [5.41, 5.74) is -1.42. The Morgan fingerprint density at radius 2 is 1.61 bits per heavy atom. The van der Waals surface area contributed by atoms with Crippen molar-refractivity contribution in [2.75, 3.05) is 45.2 Å². The standard InChI is InChI=1S/C20H21F3N4O5S/c1-24(2)33(31,32)16-6-3-14(4-7-16)19(28)26-11-9-25(10-12-26)17-8-5-15(20(21,22)23)13-18(17)27(29)30/h3-8,13H,9-12H2,1-2H3. The van der Waals surface area contributed by atoms with E-state index in [0.29, 0.717) is 6.07 Å². The molecule has 0 atom stereocenters. The lowest BCUT2D eigenvalue weighted by atomic mass is 10.1. The summed E-state index contributed by atoms with van der Waals surface area (Å²) in [6, 6.07) is 7.87. The summed E-state index contributed by atoms with van der Waals surface area (Å²) in [6.45, 7) is 0.750. The molecule has 1 heterocycles. The van der Waals surface area contributed by atoms with Crippen molar-refractivity contribution in [1.82, 2.24) is 9.21 Å². The Hall–Kier alpha value is -3.19. The van der Waals surface area contributed by atoms with E-state index in [1.165, 1.54) is 43.3 Å². The molecule has 1 fully saturated rings. The fourth-order valence-corrected chi connectivity index (χ4v) is 4.33. The van der Waals surface area contributed by atoms with Crippen LogP contribution in [-0.2, 0) is 16.2 Å². The van der Waals surface area contributed by atoms with Crippen LogP contribution in [0.15, 0.2) is 47.4 Å². The van der Waals surface area contributed by atoms with Crippen molar-refractivity contribution < 1.29 is 31.3 Å². The maximum absolute atomic E-state index is 12.9. The first-order valence-corrected chi connectivity index (χ1v) is 11.2. The highest BCUT2D eigenvalue weighted by Crippen LogP contribution is 2.36. The number of sulfonamides is 1. The van der Waals surface area contributed by atoms with E-state index < -0.39 is 32.4 Å². The summed E-state index contributed by atoms with van der Waals surface area (Å²) in [4.78, 5) is 26.4. The van der Waals surface area contributed by atoms with Gasteiger partial charge in [0.05, 0.1) is 15.4 Å². The van der Waals surface area contributed by atoms with Gasteiger partial charge in [-0.2, -0.15) is 13.2 Å². The molecule has 0 N–H and O–H groups in total. The van der Waals surface area contributed by atoms with Crippen molar-refractivity contribution in [2.45, 2.75) is 11.1 Å². The number of halogens is 3. The van der Waals surface area contributed by atoms with Gasteiger partial charge in [0.2, 0.25) is 10.0 Å². The van der Waals surface area contributed by atoms with Crippen LogP contribution in [0.25, 0.3) is 0 Å². The van der Waals surface area contributed by atoms with E-state index in [1.807, 2.05) is 0 Å². The molecule has 178 valence electrons. The fraction of sp³-hybridized carbons (Fsp3) is 0.350. The molecule has 1 aliphatic rings. The summed E-state index contributed by atoms with van der Waals surface area (Å²) in [5.74, 6) is -0.342. The van der Waals surface area contributed by atoms with Crippen LogP contribution >= 0.6 is 0 Å². The minimum atomic E-state index is -4.70. The Bertz CT molecular complexity index is 1160. The van der Waals surface area contributed by atoms with Gasteiger partial charge in [0, 0.05) is 51.9 Å². The van der Waals surface area contributed by atoms with Gasteiger partial charge in [0.15, 0.2) is 0 Å². The smallest absolute Gasteiger partial charge is 0.362 e. The van der Waals surface area contributed by atoms with Crippen molar-refractivity contribution in [3.63, 3.8) is 0 Å². The Kier molecular flexibility index (Phi) is 6.65. The van der Waals surface area contributed by atoms with Crippen LogP contribution in [-0.4, -0.2) is 68.7 Å². The highest BCUT2D eigenvalue weighted by molar-refractivity contribution is 7.89. The number of alkyl halides is 3. The molecule has 33 heavy (non-hydrogen) atoms. The number of carbonyl (C=O) groups is 1. The van der Waals surface area contributed by atoms with E-state index in [-0.39, 0.29) is 48.2 Å². The Balaban J connectivity index is 1.72. The van der Waals surface area contributed by atoms with E-state index in [9.17, 15) is 36.5 Å². The molecule has 0 aliphatic carbocycles. The predicted molar refractivity (Wildman–Crippen MR) is 114 cm³/mol. The Morgan fingerprint density at radius 3 is 2.09 bits per heavy atom. The largest absolute Gasteiger partial charge is 0.416 e. The number of piperazine rings is 1. The minimum Gasteiger partial charge on any atom is -0.362 e. The average Bonchev–Trinajstić information content (AvgIpc) is 2.77. The number of nitro groups is 1. The van der Waals surface area contributed by atoms with Gasteiger partial charge >= 0.3 is 6.18 Å². The molecular weight excluding hydrogens is 465 g/mol. The number of benzene rings is 2. The van der Waals surface area contributed by atoms with Gasteiger partial charge in [-0.15, -0.1) is 0 Å². The maximum Gasteiger partial charge on any atom is 0.416 e. The van der Waals surface area contributed by atoms with E-state index >= 15 is 0 Å². The molecule has 3 rings (SSSR count). The van der Waals surface area contributed by atoms with Crippen LogP contribution < -0.4 is 4.90 Å². The molecule has 1 saturated heterocycles. The summed E-state index contributed by atoms with van der Waals surface area (Å²) in [6.07, 6.45) is -4.70. The second-order valence-electron chi connectivity index (χ2n) is 7.55. The zero-order chi connectivity index (χ0) is 24.6. The summed E-state index contributed by atoms with van der Waals surface area (Å²) >= 11 is 0. The summed E-state index contributed by atoms with van der Waals surface area (Å²) in [7, 11) is -0.834. The van der Waals surface area contributed by atoms with Gasteiger partial charge in [0.25, 0.3) is 11.6 Å². The van der Waals surface area contributed by atoms with E-state index in [2.05, 4.69) is 0 Å². The number of nitrogens with zero attached hydrogens (tertiary/aromatic N) is 4. The van der Waals surface area contributed by atoms with Crippen LogP contribution in [0.1, 0.15) is 15.9 Å². The van der Waals surface area contributed by atoms with Gasteiger partial charge in [-0.25, -0.2) is 12.7 Å². The van der Waals surface area contributed by atoms with E-state index in [1.54, 1.807) is 4.90 Å². The molecule has 0 spiro atoms. The average molecular weight is 486 g/mol. The lowest BCUT2D eigenvalue weighted by Gasteiger charge is -2.36. The molecule has 0 unspecified atom stereocenters. The fourth-order valence-electron chi connectivity index (χ4n) is 3.43. The van der Waals surface area contributed by atoms with Crippen LogP contribution in [0.2, 0.25) is 0 Å². The summed E-state index contributed by atoms with van der Waals surface area (Å²) in [5, 5.41) is 11.3. The predicted octanol–water partition coefficient (Wildman–Crippen LogP) is 2.83. The lowest BCUT2D eigenvalue weighted by molar-refractivity contribution is -0.384. The highest BCUT2D eigenvalue weighted by Gasteiger charge is 2.34. The second kappa shape index (κ2) is 8.98. The number of hydrogen-bond acceptors (Lipinski definition) is 6. The van der Waals surface area contributed by atoms with Crippen molar-refractivity contribution >= 4 is 27.3 Å². The van der Waals surface area contributed by atoms with E-state index in [0.717, 1.165) is 16.4 Å². The minimum absolute atomic E-state index is 0.0449. The maximum atomic E-state index is 12.9. The first-order chi connectivity index (χ1) is 15.3.